The number of hydrogen-bond acceptors (Lipinski definition) is 4. The molecule has 2 heterocycles. The Balaban J connectivity index is 1.86. The number of nitrogens with one attached hydrogen (secondary N) is 1. The number of benzene rings is 1. The molecule has 1 aromatic carbocycles. The molecule has 0 unspecified atom stereocenters. The number of aryl methyl sites for hydroxylation is 3. The van der Waals surface area contributed by atoms with Gasteiger partial charge >= 0.3 is 5.69 Å². The molecule has 25 heavy (non-hydrogen) atoms. The number of nitrogens with zero attached hydrogens (tertiary/aromatic N) is 2. The molecule has 4 rings (SSSR count). The second-order valence-corrected chi connectivity index (χ2v) is 6.27. The van der Waals surface area contributed by atoms with Gasteiger partial charge in [-0.25, -0.2) is 9.78 Å². The fraction of sp³-hybridized carbons (Fsp3) is 0.263. The number of carbonyl (C=O) groups excluding carboxylic acids is 1. The summed E-state index contributed by atoms with van der Waals surface area (Å²) in [5.41, 5.74) is 1.76. The van der Waals surface area contributed by atoms with Gasteiger partial charge in [-0.05, 0) is 30.4 Å². The quantitative estimate of drug-likeness (QED) is 0.791. The predicted octanol–water partition coefficient (Wildman–Crippen LogP) is 1.85. The lowest BCUT2D eigenvalue weighted by Crippen LogP contribution is -2.32. The van der Waals surface area contributed by atoms with Crippen LogP contribution >= 0.6 is 0 Å². The summed E-state index contributed by atoms with van der Waals surface area (Å²) >= 11 is 0. The molecule has 1 N–H and O–H groups in total. The van der Waals surface area contributed by atoms with Crippen molar-refractivity contribution in [1.29, 1.82) is 0 Å². The number of Topliss-reactive ketones (excluding diaryl/α,β-unsaturated/α-hetero) is 1. The highest BCUT2D eigenvalue weighted by Crippen LogP contribution is 2.25. The number of H-pyrrole nitrogens is 1. The third-order valence-electron chi connectivity index (χ3n) is 4.71. The van der Waals surface area contributed by atoms with Crippen LogP contribution < -0.4 is 11.2 Å². The third-order valence-corrected chi connectivity index (χ3v) is 4.71. The molecule has 0 saturated carbocycles. The number of pyridine rings is 1. The second kappa shape index (κ2) is 6.12. The molecule has 1 aliphatic rings. The van der Waals surface area contributed by atoms with Gasteiger partial charge in [0.1, 0.15) is 5.65 Å². The SMILES string of the molecule is O=C1CCCc2c1cnc1c2c(=O)[nH]c(=O)n1CCc1ccccc1. The lowest BCUT2D eigenvalue weighted by Gasteiger charge is -2.17. The lowest BCUT2D eigenvalue weighted by atomic mass is 9.90. The van der Waals surface area contributed by atoms with Crippen molar-refractivity contribution in [3.05, 3.63) is 74.1 Å². The maximum Gasteiger partial charge on any atom is 0.330 e. The first-order valence-corrected chi connectivity index (χ1v) is 8.37. The van der Waals surface area contributed by atoms with E-state index in [-0.39, 0.29) is 5.78 Å². The van der Waals surface area contributed by atoms with E-state index in [2.05, 4.69) is 9.97 Å². The topological polar surface area (TPSA) is 84.8 Å². The zero-order valence-corrected chi connectivity index (χ0v) is 13.6. The van der Waals surface area contributed by atoms with Crippen LogP contribution in [0, 0.1) is 0 Å². The van der Waals surface area contributed by atoms with Gasteiger partial charge in [0.15, 0.2) is 5.78 Å². The van der Waals surface area contributed by atoms with Crippen molar-refractivity contribution in [3.8, 4) is 0 Å². The molecule has 0 fully saturated rings. The Hall–Kier alpha value is -3.02. The van der Waals surface area contributed by atoms with E-state index in [1.54, 1.807) is 0 Å². The molecule has 1 aliphatic carbocycles. The number of fused-ring (bicyclic) bond motifs is 3. The van der Waals surface area contributed by atoms with Gasteiger partial charge in [0.05, 0.1) is 5.39 Å². The van der Waals surface area contributed by atoms with Crippen LogP contribution in [-0.2, 0) is 19.4 Å². The van der Waals surface area contributed by atoms with Crippen molar-refractivity contribution in [2.45, 2.75) is 32.2 Å². The molecule has 0 bridgehead atoms. The van der Waals surface area contributed by atoms with Crippen LogP contribution in [0.25, 0.3) is 11.0 Å². The summed E-state index contributed by atoms with van der Waals surface area (Å²) in [4.78, 5) is 43.5. The van der Waals surface area contributed by atoms with E-state index < -0.39 is 11.2 Å². The number of ketones is 1. The summed E-state index contributed by atoms with van der Waals surface area (Å²) in [6, 6.07) is 9.82. The Bertz CT molecular complexity index is 1080. The molecule has 6 heteroatoms. The van der Waals surface area contributed by atoms with Crippen LogP contribution in [0.3, 0.4) is 0 Å². The smallest absolute Gasteiger partial charge is 0.294 e. The molecule has 3 aromatic rings. The van der Waals surface area contributed by atoms with Crippen molar-refractivity contribution in [2.75, 3.05) is 0 Å². The molecular weight excluding hydrogens is 318 g/mol. The molecule has 0 saturated heterocycles. The number of carbonyl (C=O) groups is 1. The number of rotatable bonds is 3. The van der Waals surface area contributed by atoms with Gasteiger partial charge in [-0.1, -0.05) is 30.3 Å². The largest absolute Gasteiger partial charge is 0.330 e. The first kappa shape index (κ1) is 15.5. The van der Waals surface area contributed by atoms with Crippen LogP contribution in [0.4, 0.5) is 0 Å². The highest BCUT2D eigenvalue weighted by molar-refractivity contribution is 6.01. The van der Waals surface area contributed by atoms with Gasteiger partial charge in [0.2, 0.25) is 0 Å². The van der Waals surface area contributed by atoms with Crippen molar-refractivity contribution in [1.82, 2.24) is 14.5 Å². The molecule has 0 amide bonds. The van der Waals surface area contributed by atoms with E-state index >= 15 is 0 Å². The van der Waals surface area contributed by atoms with Crippen LogP contribution in [0.5, 0.6) is 0 Å². The minimum Gasteiger partial charge on any atom is -0.294 e. The standard InChI is InChI=1S/C19H17N3O3/c23-15-8-4-7-13-14(15)11-20-17-16(13)18(24)21-19(25)22(17)10-9-12-5-2-1-3-6-12/h1-3,5-6,11H,4,7-10H2,(H,21,24,25). The average molecular weight is 335 g/mol. The summed E-state index contributed by atoms with van der Waals surface area (Å²) in [7, 11) is 0. The van der Waals surface area contributed by atoms with Crippen molar-refractivity contribution < 1.29 is 4.79 Å². The zero-order chi connectivity index (χ0) is 17.4. The van der Waals surface area contributed by atoms with Crippen LogP contribution in [0.2, 0.25) is 0 Å². The maximum absolute atomic E-state index is 12.4. The summed E-state index contributed by atoms with van der Waals surface area (Å²) < 4.78 is 1.49. The Morgan fingerprint density at radius 1 is 1.08 bits per heavy atom. The Labute approximate surface area is 143 Å². The summed E-state index contributed by atoms with van der Waals surface area (Å²) in [5, 5.41) is 0.373. The molecule has 0 radical (unpaired) electrons. The highest BCUT2D eigenvalue weighted by Gasteiger charge is 2.23. The first-order chi connectivity index (χ1) is 12.1. The molecule has 126 valence electrons. The van der Waals surface area contributed by atoms with E-state index in [0.29, 0.717) is 48.8 Å². The summed E-state index contributed by atoms with van der Waals surface area (Å²) in [6.45, 7) is 0.413. The van der Waals surface area contributed by atoms with Gasteiger partial charge in [-0.2, -0.15) is 0 Å². The molecule has 0 aliphatic heterocycles. The molecule has 2 aromatic heterocycles. The fourth-order valence-corrected chi connectivity index (χ4v) is 3.46. The third kappa shape index (κ3) is 2.69. The van der Waals surface area contributed by atoms with Crippen molar-refractivity contribution >= 4 is 16.8 Å². The molecule has 0 atom stereocenters. The summed E-state index contributed by atoms with van der Waals surface area (Å²) in [6.07, 6.45) is 4.01. The lowest BCUT2D eigenvalue weighted by molar-refractivity contribution is 0.0972. The summed E-state index contributed by atoms with van der Waals surface area (Å²) in [5.74, 6) is 0.0112. The van der Waals surface area contributed by atoms with Gasteiger partial charge in [0, 0.05) is 24.7 Å². The number of hydrogen-bond donors (Lipinski definition) is 1. The van der Waals surface area contributed by atoms with Crippen LogP contribution in [-0.4, -0.2) is 20.3 Å². The van der Waals surface area contributed by atoms with Crippen LogP contribution in [0.1, 0.15) is 34.3 Å². The van der Waals surface area contributed by atoms with Gasteiger partial charge in [-0.15, -0.1) is 0 Å². The number of aromatic nitrogens is 3. The maximum atomic E-state index is 12.4. The van der Waals surface area contributed by atoms with E-state index in [1.807, 2.05) is 30.3 Å². The van der Waals surface area contributed by atoms with Crippen LogP contribution in [0.15, 0.2) is 46.1 Å². The average Bonchev–Trinajstić information content (AvgIpc) is 2.62. The van der Waals surface area contributed by atoms with E-state index in [0.717, 1.165) is 11.1 Å². The molecule has 6 nitrogen and oxygen atoms in total. The van der Waals surface area contributed by atoms with Crippen molar-refractivity contribution in [3.63, 3.8) is 0 Å². The number of aromatic amines is 1. The second-order valence-electron chi connectivity index (χ2n) is 6.27. The van der Waals surface area contributed by atoms with E-state index in [1.165, 1.54) is 10.8 Å². The van der Waals surface area contributed by atoms with E-state index in [4.69, 9.17) is 0 Å². The van der Waals surface area contributed by atoms with Gasteiger partial charge < -0.3 is 0 Å². The Morgan fingerprint density at radius 2 is 1.88 bits per heavy atom. The predicted molar refractivity (Wildman–Crippen MR) is 94.0 cm³/mol. The highest BCUT2D eigenvalue weighted by atomic mass is 16.2. The van der Waals surface area contributed by atoms with E-state index in [9.17, 15) is 14.4 Å². The molecular formula is C19H17N3O3. The minimum atomic E-state index is -0.469. The normalized spacial score (nSPS) is 13.8. The minimum absolute atomic E-state index is 0.0112. The molecule has 0 spiro atoms. The monoisotopic (exact) mass is 335 g/mol. The first-order valence-electron chi connectivity index (χ1n) is 8.37. The van der Waals surface area contributed by atoms with Gasteiger partial charge in [0.25, 0.3) is 5.56 Å². The fourth-order valence-electron chi connectivity index (χ4n) is 3.46. The Kier molecular flexibility index (Phi) is 3.80. The van der Waals surface area contributed by atoms with Gasteiger partial charge in [-0.3, -0.25) is 19.1 Å². The van der Waals surface area contributed by atoms with Crippen molar-refractivity contribution in [2.24, 2.45) is 0 Å². The Morgan fingerprint density at radius 3 is 2.68 bits per heavy atom. The zero-order valence-electron chi connectivity index (χ0n) is 13.6.